The van der Waals surface area contributed by atoms with E-state index in [9.17, 15) is 9.59 Å². The summed E-state index contributed by atoms with van der Waals surface area (Å²) in [5.41, 5.74) is 3.14. The summed E-state index contributed by atoms with van der Waals surface area (Å²) in [5.74, 6) is 0.158. The van der Waals surface area contributed by atoms with E-state index in [1.165, 1.54) is 6.42 Å². The molecule has 2 atom stereocenters. The van der Waals surface area contributed by atoms with Crippen LogP contribution in [0.1, 0.15) is 39.0 Å². The summed E-state index contributed by atoms with van der Waals surface area (Å²) in [7, 11) is 0. The van der Waals surface area contributed by atoms with Gasteiger partial charge in [0.1, 0.15) is 5.69 Å². The zero-order valence-corrected chi connectivity index (χ0v) is 19.8. The van der Waals surface area contributed by atoms with E-state index in [1.54, 1.807) is 6.07 Å². The van der Waals surface area contributed by atoms with Crippen LogP contribution in [-0.2, 0) is 4.79 Å². The number of hydrogen-bond acceptors (Lipinski definition) is 3. The van der Waals surface area contributed by atoms with Gasteiger partial charge in [-0.1, -0.05) is 41.9 Å². The van der Waals surface area contributed by atoms with E-state index in [1.807, 2.05) is 42.5 Å². The van der Waals surface area contributed by atoms with E-state index in [2.05, 4.69) is 21.7 Å². The second kappa shape index (κ2) is 9.22. The quantitative estimate of drug-likeness (QED) is 0.560. The highest BCUT2D eigenvalue weighted by Crippen LogP contribution is 2.37. The van der Waals surface area contributed by atoms with Crippen molar-refractivity contribution >= 4 is 34.1 Å². The summed E-state index contributed by atoms with van der Waals surface area (Å²) >= 11 is 6.36. The van der Waals surface area contributed by atoms with Crippen molar-refractivity contribution in [1.82, 2.24) is 9.88 Å². The highest BCUT2D eigenvalue weighted by atomic mass is 35.5. The van der Waals surface area contributed by atoms with Crippen molar-refractivity contribution in [2.45, 2.75) is 45.1 Å². The number of anilines is 1. The molecule has 2 unspecified atom stereocenters. The van der Waals surface area contributed by atoms with E-state index in [4.69, 9.17) is 11.6 Å². The van der Waals surface area contributed by atoms with Crippen LogP contribution in [0.2, 0.25) is 5.02 Å². The number of carbonyl (C=O) groups is 1. The van der Waals surface area contributed by atoms with Gasteiger partial charge in [0.2, 0.25) is 5.91 Å². The molecule has 1 aromatic heterocycles. The highest BCUT2D eigenvalue weighted by Gasteiger charge is 2.34. The van der Waals surface area contributed by atoms with Gasteiger partial charge in [-0.2, -0.15) is 0 Å². The molecule has 33 heavy (non-hydrogen) atoms. The van der Waals surface area contributed by atoms with Crippen molar-refractivity contribution in [3.63, 3.8) is 0 Å². The molecule has 2 fully saturated rings. The number of likely N-dealkylation sites (tertiary alicyclic amines) is 1. The normalized spacial score (nSPS) is 21.4. The molecule has 0 aliphatic carbocycles. The molecule has 6 heteroatoms. The van der Waals surface area contributed by atoms with Crippen LogP contribution < -0.4 is 10.5 Å². The van der Waals surface area contributed by atoms with Gasteiger partial charge in [0.05, 0.1) is 5.92 Å². The molecule has 0 saturated carbocycles. The second-order valence-electron chi connectivity index (χ2n) is 9.40. The van der Waals surface area contributed by atoms with Gasteiger partial charge in [0.15, 0.2) is 0 Å². The molecular formula is C27H30ClN3O2. The first-order valence-electron chi connectivity index (χ1n) is 12.0. The zero-order chi connectivity index (χ0) is 22.9. The maximum absolute atomic E-state index is 13.4. The topological polar surface area (TPSA) is 56.4 Å². The van der Waals surface area contributed by atoms with Crippen molar-refractivity contribution in [3.8, 4) is 11.1 Å². The van der Waals surface area contributed by atoms with Gasteiger partial charge in [0, 0.05) is 47.2 Å². The first-order chi connectivity index (χ1) is 16.0. The fourth-order valence-corrected chi connectivity index (χ4v) is 5.67. The highest BCUT2D eigenvalue weighted by molar-refractivity contribution is 6.31. The van der Waals surface area contributed by atoms with Gasteiger partial charge in [-0.3, -0.25) is 9.59 Å². The number of rotatable bonds is 3. The predicted molar refractivity (Wildman–Crippen MR) is 135 cm³/mol. The van der Waals surface area contributed by atoms with Crippen LogP contribution in [0, 0.1) is 5.92 Å². The zero-order valence-electron chi connectivity index (χ0n) is 19.0. The average Bonchev–Trinajstić information content (AvgIpc) is 2.84. The van der Waals surface area contributed by atoms with Crippen LogP contribution in [0.5, 0.6) is 0 Å². The Morgan fingerprint density at radius 2 is 1.85 bits per heavy atom. The molecule has 0 spiro atoms. The summed E-state index contributed by atoms with van der Waals surface area (Å²) in [6, 6.07) is 15.9. The van der Waals surface area contributed by atoms with Crippen molar-refractivity contribution in [2.24, 2.45) is 5.92 Å². The lowest BCUT2D eigenvalue weighted by molar-refractivity contribution is -0.139. The van der Waals surface area contributed by atoms with Crippen molar-refractivity contribution in [3.05, 3.63) is 63.9 Å². The van der Waals surface area contributed by atoms with E-state index >= 15 is 0 Å². The average molecular weight is 464 g/mol. The Hall–Kier alpha value is -2.79. The SMILES string of the molecule is CC1CCCCN1C(=O)C1CCCN(c2c(-c3ccccc3)c3cc(Cl)ccc3[nH]c2=O)C1. The van der Waals surface area contributed by atoms with Gasteiger partial charge in [-0.05, 0) is 62.8 Å². The number of carbonyl (C=O) groups excluding carboxylic acids is 1. The van der Waals surface area contributed by atoms with E-state index in [0.29, 0.717) is 23.3 Å². The molecule has 1 N–H and O–H groups in total. The smallest absolute Gasteiger partial charge is 0.272 e. The number of amides is 1. The Balaban J connectivity index is 1.57. The molecule has 5 rings (SSSR count). The minimum Gasteiger partial charge on any atom is -0.366 e. The summed E-state index contributed by atoms with van der Waals surface area (Å²) in [6.45, 7) is 4.33. The number of aromatic nitrogens is 1. The molecule has 3 aromatic rings. The van der Waals surface area contributed by atoms with Crippen molar-refractivity contribution in [2.75, 3.05) is 24.5 Å². The number of H-pyrrole nitrogens is 1. The van der Waals surface area contributed by atoms with Crippen molar-refractivity contribution < 1.29 is 4.79 Å². The van der Waals surface area contributed by atoms with Crippen LogP contribution in [0.4, 0.5) is 5.69 Å². The summed E-state index contributed by atoms with van der Waals surface area (Å²) in [6.07, 6.45) is 5.11. The second-order valence-corrected chi connectivity index (χ2v) is 9.83. The molecule has 1 amide bonds. The Morgan fingerprint density at radius 3 is 2.64 bits per heavy atom. The maximum Gasteiger partial charge on any atom is 0.272 e. The Morgan fingerprint density at radius 1 is 1.03 bits per heavy atom. The largest absolute Gasteiger partial charge is 0.366 e. The van der Waals surface area contributed by atoms with Gasteiger partial charge in [0.25, 0.3) is 5.56 Å². The lowest BCUT2D eigenvalue weighted by Gasteiger charge is -2.40. The fourth-order valence-electron chi connectivity index (χ4n) is 5.50. The maximum atomic E-state index is 13.4. The van der Waals surface area contributed by atoms with Crippen LogP contribution in [0.15, 0.2) is 53.3 Å². The summed E-state index contributed by atoms with van der Waals surface area (Å²) < 4.78 is 0. The van der Waals surface area contributed by atoms with E-state index in [-0.39, 0.29) is 17.4 Å². The lowest BCUT2D eigenvalue weighted by Crippen LogP contribution is -2.50. The van der Waals surface area contributed by atoms with Crippen LogP contribution in [0.25, 0.3) is 22.0 Å². The van der Waals surface area contributed by atoms with Gasteiger partial charge in [-0.15, -0.1) is 0 Å². The molecule has 3 heterocycles. The molecule has 2 aromatic carbocycles. The number of pyridine rings is 1. The first kappa shape index (κ1) is 22.0. The standard InChI is InChI=1S/C27H30ClN3O2/c1-18-8-5-6-15-31(18)27(33)20-11-7-14-30(17-20)25-24(19-9-3-2-4-10-19)22-16-21(28)12-13-23(22)29-26(25)32/h2-4,9-10,12-13,16,18,20H,5-8,11,14-15,17H2,1H3,(H,29,32). The molecular weight excluding hydrogens is 434 g/mol. The molecule has 5 nitrogen and oxygen atoms in total. The molecule has 0 bridgehead atoms. The third-order valence-corrected chi connectivity index (χ3v) is 7.42. The van der Waals surface area contributed by atoms with Crippen LogP contribution >= 0.6 is 11.6 Å². The number of halogens is 1. The van der Waals surface area contributed by atoms with Crippen molar-refractivity contribution in [1.29, 1.82) is 0 Å². The summed E-state index contributed by atoms with van der Waals surface area (Å²) in [5, 5.41) is 1.55. The number of piperidine rings is 2. The first-order valence-corrected chi connectivity index (χ1v) is 12.4. The number of nitrogens with zero attached hydrogens (tertiary/aromatic N) is 2. The number of benzene rings is 2. The summed E-state index contributed by atoms with van der Waals surface area (Å²) in [4.78, 5) is 34.1. The van der Waals surface area contributed by atoms with Gasteiger partial charge in [-0.25, -0.2) is 0 Å². The van der Waals surface area contributed by atoms with E-state index < -0.39 is 0 Å². The van der Waals surface area contributed by atoms with Gasteiger partial charge < -0.3 is 14.8 Å². The minimum absolute atomic E-state index is 0.0858. The molecule has 2 saturated heterocycles. The Labute approximate surface area is 199 Å². The Bertz CT molecular complexity index is 1220. The predicted octanol–water partition coefficient (Wildman–Crippen LogP) is 5.47. The lowest BCUT2D eigenvalue weighted by atomic mass is 9.92. The van der Waals surface area contributed by atoms with E-state index in [0.717, 1.165) is 60.8 Å². The number of aromatic amines is 1. The molecule has 0 radical (unpaired) electrons. The number of fused-ring (bicyclic) bond motifs is 1. The third-order valence-electron chi connectivity index (χ3n) is 7.19. The molecule has 2 aliphatic heterocycles. The number of hydrogen-bond donors (Lipinski definition) is 1. The third kappa shape index (κ3) is 4.26. The van der Waals surface area contributed by atoms with Crippen LogP contribution in [0.3, 0.4) is 0 Å². The molecule has 172 valence electrons. The van der Waals surface area contributed by atoms with Crippen LogP contribution in [-0.4, -0.2) is 41.5 Å². The monoisotopic (exact) mass is 463 g/mol. The van der Waals surface area contributed by atoms with Gasteiger partial charge >= 0.3 is 0 Å². The number of nitrogens with one attached hydrogen (secondary N) is 1. The molecule has 2 aliphatic rings. The minimum atomic E-state index is -0.122. The Kier molecular flexibility index (Phi) is 6.15. The fraction of sp³-hybridized carbons (Fsp3) is 0.407.